The molecule has 1 fully saturated rings. The van der Waals surface area contributed by atoms with Crippen molar-refractivity contribution in [3.05, 3.63) is 5.92 Å². The molecule has 0 aromatic rings. The molecule has 0 N–H and O–H groups in total. The van der Waals surface area contributed by atoms with Gasteiger partial charge in [-0.2, -0.15) is 0 Å². The van der Waals surface area contributed by atoms with Crippen molar-refractivity contribution in [2.24, 2.45) is 5.92 Å². The third-order valence-electron chi connectivity index (χ3n) is 4.14. The fourth-order valence-corrected chi connectivity index (χ4v) is 3.05. The molecule has 0 aromatic carbocycles. The van der Waals surface area contributed by atoms with Crippen molar-refractivity contribution in [2.45, 2.75) is 90.9 Å². The van der Waals surface area contributed by atoms with E-state index in [4.69, 9.17) is 0 Å². The molecular formula is C16H31. The molecule has 0 unspecified atom stereocenters. The van der Waals surface area contributed by atoms with Crippen LogP contribution in [0.5, 0.6) is 0 Å². The van der Waals surface area contributed by atoms with Gasteiger partial charge in [0.05, 0.1) is 0 Å². The van der Waals surface area contributed by atoms with Gasteiger partial charge < -0.3 is 0 Å². The maximum Gasteiger partial charge on any atom is -0.0210 e. The van der Waals surface area contributed by atoms with Gasteiger partial charge >= 0.3 is 0 Å². The minimum Gasteiger partial charge on any atom is -0.0654 e. The Balaban J connectivity index is 2.28. The molecule has 0 aliphatic heterocycles. The van der Waals surface area contributed by atoms with Gasteiger partial charge in [0.2, 0.25) is 0 Å². The average Bonchev–Trinajstić information content (AvgIpc) is 2.35. The van der Waals surface area contributed by atoms with E-state index in [9.17, 15) is 0 Å². The first-order chi connectivity index (χ1) is 7.88. The summed E-state index contributed by atoms with van der Waals surface area (Å²) in [7, 11) is 0. The fourth-order valence-electron chi connectivity index (χ4n) is 3.05. The monoisotopic (exact) mass is 223 g/mol. The minimum atomic E-state index is 1.01. The fraction of sp³-hybridized carbons (Fsp3) is 0.938. The lowest BCUT2D eigenvalue weighted by atomic mass is 9.76. The Morgan fingerprint density at radius 2 is 1.44 bits per heavy atom. The lowest BCUT2D eigenvalue weighted by molar-refractivity contribution is 0.338. The molecule has 0 bridgehead atoms. The van der Waals surface area contributed by atoms with E-state index in [2.05, 4.69) is 13.8 Å². The number of rotatable bonds is 8. The van der Waals surface area contributed by atoms with Crippen LogP contribution in [0.2, 0.25) is 0 Å². The van der Waals surface area contributed by atoms with E-state index in [1.165, 1.54) is 77.0 Å². The highest BCUT2D eigenvalue weighted by atomic mass is 14.3. The Morgan fingerprint density at radius 3 is 2.06 bits per heavy atom. The first kappa shape index (κ1) is 14.1. The highest BCUT2D eigenvalue weighted by Crippen LogP contribution is 2.37. The summed E-state index contributed by atoms with van der Waals surface area (Å²) in [5.74, 6) is 2.95. The van der Waals surface area contributed by atoms with Crippen LogP contribution in [-0.2, 0) is 0 Å². The van der Waals surface area contributed by atoms with Crippen LogP contribution in [0.4, 0.5) is 0 Å². The van der Waals surface area contributed by atoms with Gasteiger partial charge in [0.25, 0.3) is 0 Å². The number of unbranched alkanes of at least 4 members (excludes halogenated alkanes) is 3. The first-order valence-electron chi connectivity index (χ1n) is 7.73. The maximum atomic E-state index is 2.32. The SMILES string of the molecule is CCCCC[C](CCCC)C1CCCCC1. The summed E-state index contributed by atoms with van der Waals surface area (Å²) in [6.07, 6.45) is 17.4. The molecule has 0 amide bonds. The van der Waals surface area contributed by atoms with E-state index in [1.54, 1.807) is 0 Å². The van der Waals surface area contributed by atoms with Crippen LogP contribution in [0.15, 0.2) is 0 Å². The number of hydrogen-bond acceptors (Lipinski definition) is 0. The van der Waals surface area contributed by atoms with Crippen LogP contribution in [0, 0.1) is 11.8 Å². The molecule has 95 valence electrons. The van der Waals surface area contributed by atoms with Crippen LogP contribution in [0.25, 0.3) is 0 Å². The van der Waals surface area contributed by atoms with Crippen molar-refractivity contribution in [3.63, 3.8) is 0 Å². The van der Waals surface area contributed by atoms with Crippen LogP contribution < -0.4 is 0 Å². The Morgan fingerprint density at radius 1 is 0.812 bits per heavy atom. The summed E-state index contributed by atoms with van der Waals surface area (Å²) < 4.78 is 0. The largest absolute Gasteiger partial charge is 0.0654 e. The summed E-state index contributed by atoms with van der Waals surface area (Å²) in [4.78, 5) is 0. The molecule has 0 heteroatoms. The maximum absolute atomic E-state index is 2.32. The molecule has 1 radical (unpaired) electrons. The molecule has 0 nitrogen and oxygen atoms in total. The van der Waals surface area contributed by atoms with Gasteiger partial charge in [-0.15, -0.1) is 0 Å². The highest BCUT2D eigenvalue weighted by Gasteiger charge is 2.22. The molecule has 1 rings (SSSR count). The standard InChI is InChI=1S/C16H31/c1-3-5-8-12-15(11-6-4-2)16-13-9-7-10-14-16/h16H,3-14H2,1-2H3. The molecule has 0 aromatic heterocycles. The zero-order valence-corrected chi connectivity index (χ0v) is 11.6. The van der Waals surface area contributed by atoms with Gasteiger partial charge in [0.1, 0.15) is 0 Å². The quantitative estimate of drug-likeness (QED) is 0.449. The topological polar surface area (TPSA) is 0 Å². The van der Waals surface area contributed by atoms with Gasteiger partial charge in [-0.3, -0.25) is 0 Å². The molecule has 16 heavy (non-hydrogen) atoms. The van der Waals surface area contributed by atoms with Gasteiger partial charge in [-0.05, 0) is 37.5 Å². The van der Waals surface area contributed by atoms with E-state index in [0.29, 0.717) is 0 Å². The zero-order chi connectivity index (χ0) is 11.6. The summed E-state index contributed by atoms with van der Waals surface area (Å²) in [5, 5.41) is 0. The Bertz CT molecular complexity index is 144. The highest BCUT2D eigenvalue weighted by molar-refractivity contribution is 4.97. The normalized spacial score (nSPS) is 18.2. The second-order valence-electron chi connectivity index (χ2n) is 5.55. The van der Waals surface area contributed by atoms with Gasteiger partial charge in [0, 0.05) is 0 Å². The van der Waals surface area contributed by atoms with Gasteiger partial charge in [-0.1, -0.05) is 65.2 Å². The Labute approximate surface area is 103 Å². The molecule has 0 atom stereocenters. The lowest BCUT2D eigenvalue weighted by Crippen LogP contribution is -2.16. The molecule has 0 heterocycles. The predicted octanol–water partition coefficient (Wildman–Crippen LogP) is 5.91. The number of hydrogen-bond donors (Lipinski definition) is 0. The van der Waals surface area contributed by atoms with Crippen molar-refractivity contribution in [3.8, 4) is 0 Å². The third kappa shape index (κ3) is 5.37. The molecule has 1 aliphatic rings. The molecular weight excluding hydrogens is 192 g/mol. The van der Waals surface area contributed by atoms with E-state index >= 15 is 0 Å². The minimum absolute atomic E-state index is 1.01. The van der Waals surface area contributed by atoms with Crippen molar-refractivity contribution in [2.75, 3.05) is 0 Å². The van der Waals surface area contributed by atoms with Crippen LogP contribution in [0.1, 0.15) is 90.9 Å². The van der Waals surface area contributed by atoms with Crippen LogP contribution >= 0.6 is 0 Å². The smallest absolute Gasteiger partial charge is 0.0210 e. The van der Waals surface area contributed by atoms with Crippen molar-refractivity contribution >= 4 is 0 Å². The third-order valence-corrected chi connectivity index (χ3v) is 4.14. The van der Waals surface area contributed by atoms with E-state index in [1.807, 2.05) is 5.92 Å². The second kappa shape index (κ2) is 9.07. The molecule has 0 spiro atoms. The second-order valence-corrected chi connectivity index (χ2v) is 5.55. The van der Waals surface area contributed by atoms with E-state index in [-0.39, 0.29) is 0 Å². The van der Waals surface area contributed by atoms with Crippen molar-refractivity contribution < 1.29 is 0 Å². The molecule has 0 saturated heterocycles. The van der Waals surface area contributed by atoms with Crippen molar-refractivity contribution in [1.82, 2.24) is 0 Å². The average molecular weight is 223 g/mol. The summed E-state index contributed by atoms with van der Waals surface area (Å²) in [6.45, 7) is 4.64. The van der Waals surface area contributed by atoms with Crippen LogP contribution in [0.3, 0.4) is 0 Å². The molecule has 1 saturated carbocycles. The van der Waals surface area contributed by atoms with Gasteiger partial charge in [-0.25, -0.2) is 0 Å². The van der Waals surface area contributed by atoms with Crippen molar-refractivity contribution in [1.29, 1.82) is 0 Å². The summed E-state index contributed by atoms with van der Waals surface area (Å²) in [5.41, 5.74) is 0. The van der Waals surface area contributed by atoms with E-state index in [0.717, 1.165) is 5.92 Å². The summed E-state index contributed by atoms with van der Waals surface area (Å²) in [6, 6.07) is 0. The Kier molecular flexibility index (Phi) is 7.98. The zero-order valence-electron chi connectivity index (χ0n) is 11.6. The van der Waals surface area contributed by atoms with E-state index < -0.39 is 0 Å². The molecule has 1 aliphatic carbocycles. The predicted molar refractivity (Wildman–Crippen MR) is 73.5 cm³/mol. The Hall–Kier alpha value is 0. The summed E-state index contributed by atoms with van der Waals surface area (Å²) >= 11 is 0. The van der Waals surface area contributed by atoms with Crippen LogP contribution in [-0.4, -0.2) is 0 Å². The van der Waals surface area contributed by atoms with Gasteiger partial charge in [0.15, 0.2) is 0 Å². The lowest BCUT2D eigenvalue weighted by Gasteiger charge is -2.30. The first-order valence-corrected chi connectivity index (χ1v) is 7.73.